The minimum atomic E-state index is 0.226. The number of anilines is 1. The Bertz CT molecular complexity index is 333. The van der Waals surface area contributed by atoms with E-state index in [1.54, 1.807) is 18.6 Å². The van der Waals surface area contributed by atoms with Crippen molar-refractivity contribution in [2.24, 2.45) is 5.73 Å². The number of nitrogens with one attached hydrogen (secondary N) is 1. The first-order chi connectivity index (χ1) is 7.27. The molecule has 3 N–H and O–H groups in total. The van der Waals surface area contributed by atoms with Crippen LogP contribution in [0, 0.1) is 5.41 Å². The van der Waals surface area contributed by atoms with Crippen molar-refractivity contribution in [3.8, 4) is 0 Å². The number of hydrogen-bond donors (Lipinski definition) is 2. The maximum Gasteiger partial charge on any atom is 0.147 e. The zero-order chi connectivity index (χ0) is 10.7. The van der Waals surface area contributed by atoms with E-state index in [-0.39, 0.29) is 5.84 Å². The number of nitrogens with zero attached hydrogens (tertiary/aromatic N) is 3. The van der Waals surface area contributed by atoms with Gasteiger partial charge in [-0.1, -0.05) is 0 Å². The second-order valence-electron chi connectivity index (χ2n) is 3.76. The third-order valence-electron chi connectivity index (χ3n) is 2.45. The molecule has 1 fully saturated rings. The fourth-order valence-corrected chi connectivity index (χ4v) is 1.55. The average molecular weight is 205 g/mol. The number of aromatic nitrogens is 2. The molecule has 0 saturated heterocycles. The van der Waals surface area contributed by atoms with Gasteiger partial charge >= 0.3 is 0 Å². The van der Waals surface area contributed by atoms with Crippen molar-refractivity contribution in [1.29, 1.82) is 5.41 Å². The molecular weight excluding hydrogens is 190 g/mol. The first-order valence-corrected chi connectivity index (χ1v) is 5.13. The maximum atomic E-state index is 7.23. The largest absolute Gasteiger partial charge is 0.388 e. The van der Waals surface area contributed by atoms with E-state index in [0.717, 1.165) is 12.4 Å². The summed E-state index contributed by atoms with van der Waals surface area (Å²) < 4.78 is 0. The molecule has 1 aliphatic rings. The molecule has 1 aromatic rings. The van der Waals surface area contributed by atoms with E-state index in [2.05, 4.69) is 14.9 Å². The Morgan fingerprint density at radius 2 is 2.33 bits per heavy atom. The van der Waals surface area contributed by atoms with Gasteiger partial charge in [-0.2, -0.15) is 0 Å². The molecule has 0 atom stereocenters. The summed E-state index contributed by atoms with van der Waals surface area (Å²) in [6.07, 6.45) is 8.12. The summed E-state index contributed by atoms with van der Waals surface area (Å²) in [4.78, 5) is 10.5. The number of nitrogens with two attached hydrogens (primary N) is 1. The molecule has 80 valence electrons. The van der Waals surface area contributed by atoms with E-state index in [0.29, 0.717) is 12.5 Å². The smallest absolute Gasteiger partial charge is 0.147 e. The Hall–Kier alpha value is -1.65. The molecule has 2 rings (SSSR count). The Morgan fingerprint density at radius 3 is 2.87 bits per heavy atom. The zero-order valence-electron chi connectivity index (χ0n) is 8.56. The fourth-order valence-electron chi connectivity index (χ4n) is 1.55. The van der Waals surface area contributed by atoms with Crippen LogP contribution in [0.25, 0.3) is 0 Å². The van der Waals surface area contributed by atoms with Crippen molar-refractivity contribution in [2.75, 3.05) is 11.4 Å². The maximum absolute atomic E-state index is 7.23. The van der Waals surface area contributed by atoms with Crippen LogP contribution in [0.5, 0.6) is 0 Å². The average Bonchev–Trinajstić information content (AvgIpc) is 3.03. The number of amidine groups is 1. The molecule has 15 heavy (non-hydrogen) atoms. The summed E-state index contributed by atoms with van der Waals surface area (Å²) in [5.41, 5.74) is 5.36. The molecule has 0 radical (unpaired) electrons. The van der Waals surface area contributed by atoms with Crippen molar-refractivity contribution in [2.45, 2.75) is 25.3 Å². The molecule has 1 aromatic heterocycles. The van der Waals surface area contributed by atoms with E-state index < -0.39 is 0 Å². The molecule has 0 aromatic carbocycles. The van der Waals surface area contributed by atoms with Gasteiger partial charge in [0, 0.05) is 31.4 Å². The second kappa shape index (κ2) is 4.25. The summed E-state index contributed by atoms with van der Waals surface area (Å²) in [6.45, 7) is 0.763. The highest BCUT2D eigenvalue weighted by Crippen LogP contribution is 2.30. The zero-order valence-corrected chi connectivity index (χ0v) is 8.56. The molecular formula is C10H15N5. The van der Waals surface area contributed by atoms with Gasteiger partial charge in [0.25, 0.3) is 0 Å². The van der Waals surface area contributed by atoms with Crippen molar-refractivity contribution in [1.82, 2.24) is 9.97 Å². The number of hydrogen-bond acceptors (Lipinski definition) is 4. The van der Waals surface area contributed by atoms with Crippen LogP contribution in [0.4, 0.5) is 5.82 Å². The third kappa shape index (κ3) is 2.65. The van der Waals surface area contributed by atoms with Gasteiger partial charge in [0.05, 0.1) is 12.0 Å². The minimum Gasteiger partial charge on any atom is -0.388 e. The summed E-state index contributed by atoms with van der Waals surface area (Å²) in [5.74, 6) is 1.12. The van der Waals surface area contributed by atoms with Crippen LogP contribution in [-0.2, 0) is 0 Å². The lowest BCUT2D eigenvalue weighted by atomic mass is 10.3. The summed E-state index contributed by atoms with van der Waals surface area (Å²) in [5, 5.41) is 7.23. The highest BCUT2D eigenvalue weighted by Gasteiger charge is 2.29. The first kappa shape index (κ1) is 9.89. The monoisotopic (exact) mass is 205 g/mol. The van der Waals surface area contributed by atoms with Gasteiger partial charge in [0.15, 0.2) is 0 Å². The van der Waals surface area contributed by atoms with Crippen LogP contribution < -0.4 is 10.6 Å². The Kier molecular flexibility index (Phi) is 2.80. The highest BCUT2D eigenvalue weighted by molar-refractivity contribution is 5.77. The van der Waals surface area contributed by atoms with Crippen molar-refractivity contribution < 1.29 is 0 Å². The van der Waals surface area contributed by atoms with Gasteiger partial charge in [-0.3, -0.25) is 10.4 Å². The molecule has 0 spiro atoms. The van der Waals surface area contributed by atoms with Crippen molar-refractivity contribution >= 4 is 11.7 Å². The van der Waals surface area contributed by atoms with E-state index in [1.165, 1.54) is 12.8 Å². The summed E-state index contributed by atoms with van der Waals surface area (Å²) in [7, 11) is 0. The Labute approximate surface area is 88.8 Å². The van der Waals surface area contributed by atoms with E-state index >= 15 is 0 Å². The SMILES string of the molecule is N=C(N)CCN(c1cnccn1)C1CC1. The minimum absolute atomic E-state index is 0.226. The Balaban J connectivity index is 2.03. The molecule has 1 saturated carbocycles. The summed E-state index contributed by atoms with van der Waals surface area (Å²) in [6, 6.07) is 0.570. The van der Waals surface area contributed by atoms with E-state index in [1.807, 2.05) is 0 Å². The predicted molar refractivity (Wildman–Crippen MR) is 58.9 cm³/mol. The topological polar surface area (TPSA) is 78.9 Å². The molecule has 0 unspecified atom stereocenters. The predicted octanol–water partition coefficient (Wildman–Crippen LogP) is 0.771. The van der Waals surface area contributed by atoms with Crippen LogP contribution >= 0.6 is 0 Å². The molecule has 0 amide bonds. The van der Waals surface area contributed by atoms with Crippen LogP contribution in [0.3, 0.4) is 0 Å². The van der Waals surface area contributed by atoms with Crippen molar-refractivity contribution in [3.63, 3.8) is 0 Å². The second-order valence-corrected chi connectivity index (χ2v) is 3.76. The molecule has 0 bridgehead atoms. The van der Waals surface area contributed by atoms with Crippen LogP contribution in [-0.4, -0.2) is 28.4 Å². The third-order valence-corrected chi connectivity index (χ3v) is 2.45. The fraction of sp³-hybridized carbons (Fsp3) is 0.500. The lowest BCUT2D eigenvalue weighted by molar-refractivity contribution is 0.778. The quantitative estimate of drug-likeness (QED) is 0.549. The highest BCUT2D eigenvalue weighted by atomic mass is 15.2. The van der Waals surface area contributed by atoms with Gasteiger partial charge in [-0.25, -0.2) is 4.98 Å². The standard InChI is InChI=1S/C10H15N5/c11-9(12)3-6-15(8-1-2-8)10-7-13-4-5-14-10/h4-5,7-8H,1-3,6H2,(H3,11,12). The molecule has 1 heterocycles. The van der Waals surface area contributed by atoms with E-state index in [4.69, 9.17) is 11.1 Å². The summed E-state index contributed by atoms with van der Waals surface area (Å²) >= 11 is 0. The van der Waals surface area contributed by atoms with Gasteiger partial charge in [0.2, 0.25) is 0 Å². The molecule has 0 aliphatic heterocycles. The van der Waals surface area contributed by atoms with Gasteiger partial charge in [-0.05, 0) is 12.8 Å². The van der Waals surface area contributed by atoms with Crippen molar-refractivity contribution in [3.05, 3.63) is 18.6 Å². The van der Waals surface area contributed by atoms with Gasteiger partial charge < -0.3 is 10.6 Å². The number of rotatable bonds is 5. The molecule has 1 aliphatic carbocycles. The van der Waals surface area contributed by atoms with E-state index in [9.17, 15) is 0 Å². The lowest BCUT2D eigenvalue weighted by Gasteiger charge is -2.22. The molecule has 5 nitrogen and oxygen atoms in total. The van der Waals surface area contributed by atoms with Crippen LogP contribution in [0.15, 0.2) is 18.6 Å². The van der Waals surface area contributed by atoms with Crippen LogP contribution in [0.2, 0.25) is 0 Å². The van der Waals surface area contributed by atoms with Gasteiger partial charge in [-0.15, -0.1) is 0 Å². The lowest BCUT2D eigenvalue weighted by Crippen LogP contribution is -2.30. The molecule has 5 heteroatoms. The van der Waals surface area contributed by atoms with Crippen LogP contribution in [0.1, 0.15) is 19.3 Å². The normalized spacial score (nSPS) is 14.9. The van der Waals surface area contributed by atoms with Gasteiger partial charge in [0.1, 0.15) is 5.82 Å². The first-order valence-electron chi connectivity index (χ1n) is 5.13. The Morgan fingerprint density at radius 1 is 1.53 bits per heavy atom.